The fraction of sp³-hybridized carbons (Fsp3) is 0.143. The van der Waals surface area contributed by atoms with Crippen LogP contribution in [0, 0.1) is 0 Å². The van der Waals surface area contributed by atoms with Crippen LogP contribution in [0.4, 0.5) is 8.78 Å². The van der Waals surface area contributed by atoms with Crippen LogP contribution in [-0.2, 0) is 0 Å². The maximum atomic E-state index is 12.3. The highest BCUT2D eigenvalue weighted by Gasteiger charge is 2.17. The largest absolute Gasteiger partial charge is 0.289 e. The minimum atomic E-state index is -2.74. The van der Waals surface area contributed by atoms with Crippen LogP contribution in [0.3, 0.4) is 0 Å². The molecule has 70 valence electrons. The lowest BCUT2D eigenvalue weighted by atomic mass is 10.2. The van der Waals surface area contributed by atoms with Crippen molar-refractivity contribution in [3.8, 4) is 0 Å². The number of nitrogens with two attached hydrogens (primary N) is 1. The zero-order valence-corrected chi connectivity index (χ0v) is 6.50. The molecule has 4 nitrogen and oxygen atoms in total. The zero-order chi connectivity index (χ0) is 9.84. The number of hydrazine groups is 1. The lowest BCUT2D eigenvalue weighted by Gasteiger charge is -2.04. The number of alkyl halides is 2. The van der Waals surface area contributed by atoms with Crippen LogP contribution in [-0.4, -0.2) is 10.9 Å². The third-order valence-corrected chi connectivity index (χ3v) is 1.42. The Bertz CT molecular complexity index is 316. The molecule has 0 aliphatic heterocycles. The minimum Gasteiger partial charge on any atom is -0.289 e. The van der Waals surface area contributed by atoms with E-state index >= 15 is 0 Å². The van der Waals surface area contributed by atoms with Gasteiger partial charge in [-0.1, -0.05) is 0 Å². The van der Waals surface area contributed by atoms with Crippen LogP contribution in [0.1, 0.15) is 22.5 Å². The van der Waals surface area contributed by atoms with Crippen molar-refractivity contribution >= 4 is 5.91 Å². The number of nitrogens with zero attached hydrogens (tertiary/aromatic N) is 1. The molecule has 1 aromatic rings. The van der Waals surface area contributed by atoms with Crippen LogP contribution in [0.25, 0.3) is 0 Å². The molecule has 3 N–H and O–H groups in total. The molecule has 0 atom stereocenters. The number of rotatable bonds is 2. The molecule has 13 heavy (non-hydrogen) atoms. The molecule has 0 aliphatic rings. The Hall–Kier alpha value is -1.56. The normalized spacial score (nSPS) is 10.2. The number of amides is 1. The third kappa shape index (κ3) is 1.97. The standard InChI is InChI=1S/C7H7F2N3O/c8-6(9)4-2-1-3-11-5(4)7(13)12-10/h1-3,6H,10H2,(H,12,13). The van der Waals surface area contributed by atoms with Gasteiger partial charge in [0.05, 0.1) is 0 Å². The first-order chi connectivity index (χ1) is 6.16. The van der Waals surface area contributed by atoms with Crippen molar-refractivity contribution in [3.63, 3.8) is 0 Å². The Labute approximate surface area is 72.7 Å². The Morgan fingerprint density at radius 2 is 2.31 bits per heavy atom. The van der Waals surface area contributed by atoms with Gasteiger partial charge in [-0.2, -0.15) is 0 Å². The lowest BCUT2D eigenvalue weighted by molar-refractivity contribution is 0.0933. The SMILES string of the molecule is NNC(=O)c1ncccc1C(F)F. The average molecular weight is 187 g/mol. The molecule has 6 heteroatoms. The third-order valence-electron chi connectivity index (χ3n) is 1.42. The molecule has 0 aromatic carbocycles. The summed E-state index contributed by atoms with van der Waals surface area (Å²) in [5.74, 6) is 3.97. The summed E-state index contributed by atoms with van der Waals surface area (Å²) in [6, 6.07) is 2.46. The molecule has 0 aliphatic carbocycles. The van der Waals surface area contributed by atoms with Gasteiger partial charge in [0, 0.05) is 11.8 Å². The molecule has 1 aromatic heterocycles. The van der Waals surface area contributed by atoms with E-state index in [1.54, 1.807) is 5.43 Å². The smallest absolute Gasteiger partial charge is 0.284 e. The average Bonchev–Trinajstić information content (AvgIpc) is 2.16. The number of hydrogen-bond donors (Lipinski definition) is 2. The summed E-state index contributed by atoms with van der Waals surface area (Å²) >= 11 is 0. The van der Waals surface area contributed by atoms with E-state index in [0.717, 1.165) is 6.07 Å². The Balaban J connectivity index is 3.12. The van der Waals surface area contributed by atoms with E-state index in [-0.39, 0.29) is 5.69 Å². The highest BCUT2D eigenvalue weighted by atomic mass is 19.3. The summed E-state index contributed by atoms with van der Waals surface area (Å²) in [7, 11) is 0. The van der Waals surface area contributed by atoms with Gasteiger partial charge in [-0.05, 0) is 12.1 Å². The van der Waals surface area contributed by atoms with Gasteiger partial charge in [0.15, 0.2) is 0 Å². The molecule has 1 amide bonds. The number of halogens is 2. The van der Waals surface area contributed by atoms with Gasteiger partial charge in [-0.3, -0.25) is 15.2 Å². The van der Waals surface area contributed by atoms with Crippen molar-refractivity contribution in [1.82, 2.24) is 10.4 Å². The molecule has 0 saturated carbocycles. The van der Waals surface area contributed by atoms with Gasteiger partial charge in [0.2, 0.25) is 0 Å². The van der Waals surface area contributed by atoms with Crippen LogP contribution in [0.15, 0.2) is 18.3 Å². The summed E-state index contributed by atoms with van der Waals surface area (Å²) < 4.78 is 24.5. The van der Waals surface area contributed by atoms with Crippen molar-refractivity contribution in [2.24, 2.45) is 5.84 Å². The maximum Gasteiger partial charge on any atom is 0.284 e. The summed E-state index contributed by atoms with van der Waals surface area (Å²) in [5.41, 5.74) is 0.969. The summed E-state index contributed by atoms with van der Waals surface area (Å²) in [4.78, 5) is 14.4. The second-order valence-electron chi connectivity index (χ2n) is 2.22. The fourth-order valence-electron chi connectivity index (χ4n) is 0.852. The van der Waals surface area contributed by atoms with Crippen molar-refractivity contribution in [2.45, 2.75) is 6.43 Å². The molecule has 0 unspecified atom stereocenters. The molecule has 0 radical (unpaired) electrons. The highest BCUT2D eigenvalue weighted by Crippen LogP contribution is 2.20. The molecular weight excluding hydrogens is 180 g/mol. The predicted octanol–water partition coefficient (Wildman–Crippen LogP) is 0.623. The molecule has 0 fully saturated rings. The minimum absolute atomic E-state index is 0.347. The Morgan fingerprint density at radius 3 is 2.85 bits per heavy atom. The molecular formula is C7H7F2N3O. The number of hydrogen-bond acceptors (Lipinski definition) is 3. The number of aromatic nitrogens is 1. The first-order valence-corrected chi connectivity index (χ1v) is 3.41. The number of carbonyl (C=O) groups excluding carboxylic acids is 1. The highest BCUT2D eigenvalue weighted by molar-refractivity contribution is 5.93. The van der Waals surface area contributed by atoms with Crippen molar-refractivity contribution in [1.29, 1.82) is 0 Å². The van der Waals surface area contributed by atoms with E-state index in [0.29, 0.717) is 0 Å². The van der Waals surface area contributed by atoms with Crippen LogP contribution in [0.2, 0.25) is 0 Å². The van der Waals surface area contributed by atoms with Gasteiger partial charge < -0.3 is 0 Å². The molecule has 1 rings (SSSR count). The zero-order valence-electron chi connectivity index (χ0n) is 6.50. The Kier molecular flexibility index (Phi) is 2.86. The fourth-order valence-corrected chi connectivity index (χ4v) is 0.852. The van der Waals surface area contributed by atoms with E-state index in [4.69, 9.17) is 5.84 Å². The second kappa shape index (κ2) is 3.90. The molecule has 0 saturated heterocycles. The van der Waals surface area contributed by atoms with E-state index in [1.165, 1.54) is 12.3 Å². The van der Waals surface area contributed by atoms with E-state index in [2.05, 4.69) is 4.98 Å². The summed E-state index contributed by atoms with van der Waals surface area (Å²) in [6.07, 6.45) is -1.49. The predicted molar refractivity (Wildman–Crippen MR) is 40.8 cm³/mol. The van der Waals surface area contributed by atoms with Crippen molar-refractivity contribution < 1.29 is 13.6 Å². The quantitative estimate of drug-likeness (QED) is 0.405. The second-order valence-corrected chi connectivity index (χ2v) is 2.22. The van der Waals surface area contributed by atoms with Crippen LogP contribution >= 0.6 is 0 Å². The number of nitrogens with one attached hydrogen (secondary N) is 1. The van der Waals surface area contributed by atoms with Crippen molar-refractivity contribution in [3.05, 3.63) is 29.6 Å². The first-order valence-electron chi connectivity index (χ1n) is 3.41. The van der Waals surface area contributed by atoms with E-state index < -0.39 is 17.9 Å². The molecule has 0 spiro atoms. The monoisotopic (exact) mass is 187 g/mol. The van der Waals surface area contributed by atoms with Gasteiger partial charge in [-0.25, -0.2) is 14.6 Å². The van der Waals surface area contributed by atoms with Gasteiger partial charge in [-0.15, -0.1) is 0 Å². The number of carbonyl (C=O) groups is 1. The number of pyridine rings is 1. The van der Waals surface area contributed by atoms with Gasteiger partial charge in [0.1, 0.15) is 5.69 Å². The van der Waals surface area contributed by atoms with Crippen molar-refractivity contribution in [2.75, 3.05) is 0 Å². The van der Waals surface area contributed by atoms with E-state index in [9.17, 15) is 13.6 Å². The first kappa shape index (κ1) is 9.53. The van der Waals surface area contributed by atoms with Crippen LogP contribution < -0.4 is 11.3 Å². The number of nitrogen functional groups attached to an aromatic ring is 1. The van der Waals surface area contributed by atoms with E-state index in [1.807, 2.05) is 0 Å². The maximum absolute atomic E-state index is 12.3. The summed E-state index contributed by atoms with van der Waals surface area (Å²) in [6.45, 7) is 0. The van der Waals surface area contributed by atoms with Crippen LogP contribution in [0.5, 0.6) is 0 Å². The van der Waals surface area contributed by atoms with Gasteiger partial charge in [0.25, 0.3) is 12.3 Å². The lowest BCUT2D eigenvalue weighted by Crippen LogP contribution is -2.31. The Morgan fingerprint density at radius 1 is 1.62 bits per heavy atom. The van der Waals surface area contributed by atoms with Gasteiger partial charge >= 0.3 is 0 Å². The topological polar surface area (TPSA) is 68.0 Å². The summed E-state index contributed by atoms with van der Waals surface area (Å²) in [5, 5.41) is 0. The molecule has 1 heterocycles. The molecule has 0 bridgehead atoms.